The number of rotatable bonds is 12. The van der Waals surface area contributed by atoms with Gasteiger partial charge in [0.2, 0.25) is 17.1 Å². The average molecular weight is 1900 g/mol. The van der Waals surface area contributed by atoms with E-state index in [2.05, 4.69) is 111 Å². The van der Waals surface area contributed by atoms with E-state index >= 15 is 0 Å². The highest BCUT2D eigenvalue weighted by Crippen LogP contribution is 2.80. The third kappa shape index (κ3) is 14.1. The van der Waals surface area contributed by atoms with E-state index in [0.29, 0.717) is 103 Å². The van der Waals surface area contributed by atoms with Gasteiger partial charge in [-0.1, -0.05) is 160 Å². The van der Waals surface area contributed by atoms with Gasteiger partial charge in [0, 0.05) is 147 Å². The second kappa shape index (κ2) is 30.7. The summed E-state index contributed by atoms with van der Waals surface area (Å²) >= 11 is 0. The second-order valence-electron chi connectivity index (χ2n) is 47.8. The van der Waals surface area contributed by atoms with Crippen LogP contribution in [0.3, 0.4) is 0 Å². The number of Topliss-reactive ketones (excluding diaryl/α,β-unsaturated/α-hetero) is 5. The van der Waals surface area contributed by atoms with Gasteiger partial charge in [-0.2, -0.15) is 39.5 Å². The van der Waals surface area contributed by atoms with Gasteiger partial charge in [0.15, 0.2) is 28.9 Å². The molecule has 24 atom stereocenters. The van der Waals surface area contributed by atoms with Crippen molar-refractivity contribution in [2.24, 2.45) is 151 Å². The SMILES string of the molecule is [3HH].[3H][3H].[3H][3H].[3H][3H].[3H][3H].[3H][3H].[3H][3H].[3H][3H].[3H][3H].[3H][3H].[3H][3H].[3H][3H].[3H][3H].[3H][3H].[3H][3H].[3H][3H].[3H][3H].[3H][3H].[3H][3H].[3H][3H].[3H][3H].[3H][3H].[3H][3H].[C-]#[N+]C1=C(O)[C@@](C)(CO)[C@@H]2CC[C@]3(C)C(=CC(=O)[C@@H]4[C@@H]5CC(C)(C)CC[C@]5(C(=O)CCC(F)(F)F)CC[C@]43C)[C@@]2(C)C1.[C-]#[N+]C1=C[C@]2(C)C3=CC(=O)[C@@H]4[C@@H]5CC(C)(C)CC[C@]5(C(=O)CCC(F)(F)F)CC[C@@]4(C)[C@]3(C)CC[C@H]2[C@](C)(CC)C1=O.[C-]#[N+]C1=C[C@]2(C)C3=CC(=O)[C@@H]4[C@@H]5CC(C)(C)CC[C@]5(C(=O)CCC(F)(F)F)CC[C@@]4(C)[C@]3(C)CC[C@H]2[C@](C)(CO)C1=O. The normalized spacial score (nSPS) is 45.9. The number of ketones is 8. The van der Waals surface area contributed by atoms with Crippen molar-refractivity contribution in [3.63, 3.8) is 0 Å². The number of carbonyl (C=O) groups is 8. The summed E-state index contributed by atoms with van der Waals surface area (Å²) in [4.78, 5) is 123. The molecule has 0 amide bonds. The number of hydrogen-bond donors (Lipinski definition) is 3. The molecule has 0 bridgehead atoms. The molecule has 3 N–H and O–H groups in total. The minimum atomic E-state index is -4.42. The smallest absolute Gasteiger partial charge is 0.389 e. The standard InChI is InChI=1S/C35H46F3NO3.C34H46F3NO4.C34H44F3NO4.23H2/c1-9-30(4)24-10-12-32(6)25(31(24,5)20-22(39-8)28(30)42)18-23(40)27-21-19-29(2,3)14-16-34(21,17-15-33(27,32)7)26(41)11-13-35(36,37)38;2*1-28(2)12-14-33(25(41)9-11-34(35,36)37)15-13-32(6)26(20(33)17-28)22(40)16-24-29(3)18-21(38-7)27(42)30(4,19-39)23(29)8-10-31(24,32)5;;;;;;;;;;;;;;;;;;;;;;;/h18,20-21,24,27H,9-17,19H2,1-7H3;16,20,23,26,39,42H,8-15,17-19H2,1-6H3;16,18,20,23,26,39H,8-15,17,19H2,1-6H3;23*1H/t21-,24-,27-,30-,31-,32+,33+,34-;2*20-,23+,26-,29-,30-,31+,32+,33-;;;;;;;;;;;;;;;;;;;;;;;/m000......................./s1/i;;;22*1+2T;1+2. The fourth-order valence-corrected chi connectivity index (χ4v) is 32.3. The average Bonchev–Trinajstić information content (AvgIpc) is 0.672. The number of allylic oxidation sites excluding steroid dienone is 11. The number of carbonyl (C=O) groups excluding carboxylic acids is 8. The number of nitrogens with zero attached hydrogens (tertiary/aromatic N) is 3. The molecule has 738 valence electrons. The van der Waals surface area contributed by atoms with Gasteiger partial charge >= 0.3 is 18.5 Å². The van der Waals surface area contributed by atoms with E-state index in [4.69, 9.17) is 85.0 Å². The highest BCUT2D eigenvalue weighted by molar-refractivity contribution is 6.05. The Hall–Kier alpha value is -6.64. The fraction of sp³-hybridized carbons (Fsp3) is 0.777. The lowest BCUT2D eigenvalue weighted by Crippen LogP contribution is -2.66. The van der Waals surface area contributed by atoms with Gasteiger partial charge in [0.05, 0.1) is 52.2 Å². The molecule has 0 aliphatic heterocycles. The Morgan fingerprint density at radius 3 is 1.02 bits per heavy atom. The van der Waals surface area contributed by atoms with Crippen LogP contribution in [0.4, 0.5) is 39.5 Å². The van der Waals surface area contributed by atoms with Gasteiger partial charge in [-0.05, 0) is 256 Å². The first-order valence-electron chi connectivity index (χ1n) is 68.7. The summed E-state index contributed by atoms with van der Waals surface area (Å²) in [5.41, 5.74) is -7.83. The number of fused-ring (bicyclic) bond motifs is 21. The number of aliphatic hydroxyl groups excluding tert-OH is 3. The highest BCUT2D eigenvalue weighted by atomic mass is 19.4. The fourth-order valence-electron chi connectivity index (χ4n) is 32.3. The lowest BCUT2D eigenvalue weighted by Gasteiger charge is -2.69. The largest absolute Gasteiger partial charge is 0.523 e. The molecule has 15 aliphatic carbocycles. The predicted octanol–water partition coefficient (Wildman–Crippen LogP) is 30.1. The quantitative estimate of drug-likeness (QED) is 0.124. The van der Waals surface area contributed by atoms with Crippen LogP contribution >= 0.6 is 0 Å². The first-order chi connectivity index (χ1) is 79.7. The first-order valence-corrected chi connectivity index (χ1v) is 46.7. The van der Waals surface area contributed by atoms with E-state index in [9.17, 15) is 93.2 Å². The van der Waals surface area contributed by atoms with Gasteiger partial charge in [0.25, 0.3) is 0 Å². The predicted molar refractivity (Wildman–Crippen MR) is 508 cm³/mol. The van der Waals surface area contributed by atoms with Gasteiger partial charge < -0.3 is 24.9 Å². The summed E-state index contributed by atoms with van der Waals surface area (Å²) < 4.78 is 339. The Labute approximate surface area is 809 Å². The highest BCUT2D eigenvalue weighted by Gasteiger charge is 2.76. The molecule has 15 aliphatic rings. The second-order valence-corrected chi connectivity index (χ2v) is 47.8. The van der Waals surface area contributed by atoms with Crippen molar-refractivity contribution < 1.29 is 160 Å². The lowest BCUT2D eigenvalue weighted by molar-refractivity contribution is -0.182. The Morgan fingerprint density at radius 2 is 0.714 bits per heavy atom. The zero-order valence-electron chi connectivity index (χ0n) is 122. The van der Waals surface area contributed by atoms with E-state index < -0.39 is 163 Å². The van der Waals surface area contributed by atoms with Crippen LogP contribution in [0.15, 0.2) is 69.9 Å². The summed E-state index contributed by atoms with van der Waals surface area (Å²) in [5.74, 6) is -4.64. The molecule has 0 aromatic rings. The lowest BCUT2D eigenvalue weighted by atomic mass is 9.33. The number of hydrogen-bond acceptors (Lipinski definition) is 11. The molecular weight excluding hydrogens is 1630 g/mol. The minimum absolute atomic E-state index is 0. The third-order valence-electron chi connectivity index (χ3n) is 40.2. The molecule has 14 nitrogen and oxygen atoms in total. The van der Waals surface area contributed by atoms with E-state index in [1.807, 2.05) is 26.8 Å². The van der Waals surface area contributed by atoms with Gasteiger partial charge in [-0.15, -0.1) is 0 Å². The van der Waals surface area contributed by atoms with Crippen molar-refractivity contribution in [2.45, 2.75) is 336 Å². The molecule has 0 saturated heterocycles. The summed E-state index contributed by atoms with van der Waals surface area (Å²) in [6, 6.07) is 0. The molecule has 0 aromatic heterocycles. The number of alkyl halides is 9. The molecule has 0 heterocycles. The van der Waals surface area contributed by atoms with Crippen molar-refractivity contribution in [2.75, 3.05) is 13.2 Å². The Bertz CT molecular complexity index is 4880. The van der Waals surface area contributed by atoms with E-state index in [1.54, 1.807) is 38.2 Å². The molecule has 0 unspecified atom stereocenters. The van der Waals surface area contributed by atoms with E-state index in [-0.39, 0.29) is 135 Å². The zero-order chi connectivity index (χ0) is 138. The summed E-state index contributed by atoms with van der Waals surface area (Å²) in [6.45, 7) is 62.1. The maximum Gasteiger partial charge on any atom is 0.389 e. The zero-order valence-corrected chi connectivity index (χ0v) is 77.9. The first kappa shape index (κ1) is 71.1. The maximum absolute atomic E-state index is 14.5. The minimum Gasteiger partial charge on any atom is -0.523 e. The van der Waals surface area contributed by atoms with Crippen LogP contribution in [0.25, 0.3) is 14.5 Å². The van der Waals surface area contributed by atoms with E-state index in [0.717, 1.165) is 55.2 Å². The maximum atomic E-state index is 14.5. The summed E-state index contributed by atoms with van der Waals surface area (Å²) in [7, 11) is 0. The van der Waals surface area contributed by atoms with Crippen molar-refractivity contribution in [1.29, 1.82) is 0 Å². The Morgan fingerprint density at radius 1 is 0.421 bits per heavy atom. The van der Waals surface area contributed by atoms with Crippen LogP contribution in [0.5, 0.6) is 0 Å². The van der Waals surface area contributed by atoms with Crippen molar-refractivity contribution >= 4 is 46.3 Å². The van der Waals surface area contributed by atoms with Gasteiger partial charge in [-0.25, -0.2) is 14.5 Å². The van der Waals surface area contributed by atoms with Crippen LogP contribution in [-0.4, -0.2) is 93.3 Å². The number of halogens is 9. The monoisotopic (exact) mass is 1900 g/mol. The van der Waals surface area contributed by atoms with Crippen LogP contribution < -0.4 is 0 Å². The topological polar surface area (TPSA) is 210 Å². The Balaban J connectivity index is -0.000000213. The summed E-state index contributed by atoms with van der Waals surface area (Å²) in [5, 5.41) is 32.0. The van der Waals surface area contributed by atoms with E-state index in [1.165, 1.54) is 0 Å². The summed E-state index contributed by atoms with van der Waals surface area (Å²) in [6.07, 6.45) is 4.58. The van der Waals surface area contributed by atoms with Crippen LogP contribution in [0, 0.1) is 170 Å². The Kier molecular flexibility index (Phi) is 17.3. The number of aliphatic hydroxyl groups is 3. The third-order valence-corrected chi connectivity index (χ3v) is 40.2. The van der Waals surface area contributed by atoms with Crippen LogP contribution in [0.1, 0.15) is 385 Å². The van der Waals surface area contributed by atoms with Crippen molar-refractivity contribution in [1.82, 2.24) is 0 Å². The van der Waals surface area contributed by atoms with Crippen LogP contribution in [-0.2, 0) is 38.4 Å². The molecule has 9 fully saturated rings. The molecule has 0 radical (unpaired) electrons. The molecule has 23 heteroatoms. The van der Waals surface area contributed by atoms with Crippen molar-refractivity contribution in [3.05, 3.63) is 104 Å². The van der Waals surface area contributed by atoms with Crippen molar-refractivity contribution in [3.8, 4) is 0 Å². The molecule has 126 heavy (non-hydrogen) atoms. The molecule has 9 saturated carbocycles. The molecule has 0 aromatic carbocycles. The van der Waals surface area contributed by atoms with Crippen LogP contribution in [0.2, 0.25) is 0 Å². The van der Waals surface area contributed by atoms with Gasteiger partial charge in [0.1, 0.15) is 23.1 Å². The molecule has 0 spiro atoms. The van der Waals surface area contributed by atoms with Gasteiger partial charge in [-0.3, -0.25) is 28.8 Å². The molecule has 15 rings (SSSR count). The molecular formula is C103H182F9N3O11.